The van der Waals surface area contributed by atoms with Crippen molar-refractivity contribution in [2.45, 2.75) is 6.29 Å². The SMILES string of the molecule is O=CNC1N(c2ccccc2)CCN1c1ccccc1. The predicted molar refractivity (Wildman–Crippen MR) is 80.6 cm³/mol. The summed E-state index contributed by atoms with van der Waals surface area (Å²) >= 11 is 0. The largest absolute Gasteiger partial charge is 0.332 e. The van der Waals surface area contributed by atoms with Gasteiger partial charge in [-0.05, 0) is 24.3 Å². The average molecular weight is 267 g/mol. The summed E-state index contributed by atoms with van der Waals surface area (Å²) in [6.07, 6.45) is 0.624. The third-order valence-electron chi connectivity index (χ3n) is 3.57. The molecular weight excluding hydrogens is 250 g/mol. The number of anilines is 2. The fourth-order valence-electron chi connectivity index (χ4n) is 2.65. The molecule has 2 aromatic carbocycles. The Morgan fingerprint density at radius 3 is 1.70 bits per heavy atom. The first-order valence-corrected chi connectivity index (χ1v) is 6.73. The van der Waals surface area contributed by atoms with E-state index in [1.54, 1.807) is 0 Å². The maximum absolute atomic E-state index is 11.0. The van der Waals surface area contributed by atoms with Crippen LogP contribution in [0.25, 0.3) is 0 Å². The summed E-state index contributed by atoms with van der Waals surface area (Å²) < 4.78 is 0. The molecule has 0 radical (unpaired) electrons. The quantitative estimate of drug-likeness (QED) is 0.861. The first-order valence-electron chi connectivity index (χ1n) is 6.73. The number of para-hydroxylation sites is 2. The van der Waals surface area contributed by atoms with Crippen LogP contribution in [0.2, 0.25) is 0 Å². The van der Waals surface area contributed by atoms with E-state index in [-0.39, 0.29) is 6.29 Å². The monoisotopic (exact) mass is 267 g/mol. The lowest BCUT2D eigenvalue weighted by Gasteiger charge is -2.32. The van der Waals surface area contributed by atoms with Gasteiger partial charge < -0.3 is 15.1 Å². The zero-order valence-electron chi connectivity index (χ0n) is 11.1. The van der Waals surface area contributed by atoms with E-state index in [0.29, 0.717) is 0 Å². The van der Waals surface area contributed by atoms with Crippen molar-refractivity contribution in [3.8, 4) is 0 Å². The van der Waals surface area contributed by atoms with Crippen LogP contribution in [-0.4, -0.2) is 25.8 Å². The summed E-state index contributed by atoms with van der Waals surface area (Å²) in [5.74, 6) is 0. The van der Waals surface area contributed by atoms with E-state index >= 15 is 0 Å². The second-order valence-electron chi connectivity index (χ2n) is 4.72. The number of nitrogens with zero attached hydrogens (tertiary/aromatic N) is 2. The minimum absolute atomic E-state index is 0.141. The molecule has 2 aromatic rings. The van der Waals surface area contributed by atoms with Crippen LogP contribution in [0.4, 0.5) is 11.4 Å². The van der Waals surface area contributed by atoms with Gasteiger partial charge in [0, 0.05) is 24.5 Å². The van der Waals surface area contributed by atoms with Gasteiger partial charge in [-0.25, -0.2) is 0 Å². The fourth-order valence-corrected chi connectivity index (χ4v) is 2.65. The number of hydrogen-bond acceptors (Lipinski definition) is 3. The Morgan fingerprint density at radius 2 is 1.30 bits per heavy atom. The molecule has 0 unspecified atom stereocenters. The summed E-state index contributed by atoms with van der Waals surface area (Å²) in [5, 5.41) is 2.91. The van der Waals surface area contributed by atoms with Crippen LogP contribution < -0.4 is 15.1 Å². The molecule has 1 heterocycles. The highest BCUT2D eigenvalue weighted by molar-refractivity contribution is 5.59. The van der Waals surface area contributed by atoms with E-state index in [2.05, 4.69) is 39.4 Å². The van der Waals surface area contributed by atoms with Crippen molar-refractivity contribution in [3.05, 3.63) is 60.7 Å². The molecule has 1 fully saturated rings. The zero-order chi connectivity index (χ0) is 13.8. The van der Waals surface area contributed by atoms with Crippen LogP contribution in [0.1, 0.15) is 0 Å². The molecule has 102 valence electrons. The number of carbonyl (C=O) groups excluding carboxylic acids is 1. The van der Waals surface area contributed by atoms with Gasteiger partial charge in [0.15, 0.2) is 6.29 Å². The minimum atomic E-state index is -0.141. The molecule has 0 spiro atoms. The molecular formula is C16H17N3O. The Morgan fingerprint density at radius 1 is 0.850 bits per heavy atom. The first kappa shape index (κ1) is 12.5. The standard InChI is InChI=1S/C16H17N3O/c20-13-17-16-18(14-7-3-1-4-8-14)11-12-19(16)15-9-5-2-6-10-15/h1-10,13,16H,11-12H2,(H,17,20). The summed E-state index contributed by atoms with van der Waals surface area (Å²) in [7, 11) is 0. The molecule has 20 heavy (non-hydrogen) atoms. The molecule has 1 aliphatic heterocycles. The van der Waals surface area contributed by atoms with Crippen LogP contribution in [0, 0.1) is 0 Å². The number of carbonyl (C=O) groups is 1. The summed E-state index contributed by atoms with van der Waals surface area (Å²) in [5.41, 5.74) is 2.23. The van der Waals surface area contributed by atoms with E-state index in [1.165, 1.54) is 0 Å². The Kier molecular flexibility index (Phi) is 3.54. The van der Waals surface area contributed by atoms with E-state index < -0.39 is 0 Å². The topological polar surface area (TPSA) is 35.6 Å². The van der Waals surface area contributed by atoms with Crippen molar-refractivity contribution in [3.63, 3.8) is 0 Å². The van der Waals surface area contributed by atoms with Gasteiger partial charge in [0.1, 0.15) is 0 Å². The van der Waals surface area contributed by atoms with E-state index in [4.69, 9.17) is 0 Å². The second kappa shape index (κ2) is 5.65. The van der Waals surface area contributed by atoms with Crippen LogP contribution in [0.15, 0.2) is 60.7 Å². The summed E-state index contributed by atoms with van der Waals surface area (Å²) in [6.45, 7) is 1.76. The number of rotatable bonds is 4. The van der Waals surface area contributed by atoms with E-state index in [1.807, 2.05) is 36.4 Å². The van der Waals surface area contributed by atoms with Crippen molar-refractivity contribution >= 4 is 17.8 Å². The Labute approximate surface area is 118 Å². The van der Waals surface area contributed by atoms with Gasteiger partial charge in [-0.2, -0.15) is 0 Å². The summed E-state index contributed by atoms with van der Waals surface area (Å²) in [4.78, 5) is 15.3. The molecule has 0 aromatic heterocycles. The molecule has 3 rings (SSSR count). The Balaban J connectivity index is 1.89. The molecule has 4 nitrogen and oxygen atoms in total. The van der Waals surface area contributed by atoms with Gasteiger partial charge in [0.2, 0.25) is 6.41 Å². The van der Waals surface area contributed by atoms with Gasteiger partial charge >= 0.3 is 0 Å². The van der Waals surface area contributed by atoms with Gasteiger partial charge in [0.05, 0.1) is 0 Å². The smallest absolute Gasteiger partial charge is 0.210 e. The third-order valence-corrected chi connectivity index (χ3v) is 3.57. The molecule has 1 N–H and O–H groups in total. The lowest BCUT2D eigenvalue weighted by atomic mass is 10.3. The van der Waals surface area contributed by atoms with Crippen LogP contribution in [0.5, 0.6) is 0 Å². The molecule has 0 aliphatic carbocycles. The van der Waals surface area contributed by atoms with Gasteiger partial charge in [0.25, 0.3) is 0 Å². The Hall–Kier alpha value is -2.49. The van der Waals surface area contributed by atoms with E-state index in [0.717, 1.165) is 30.9 Å². The second-order valence-corrected chi connectivity index (χ2v) is 4.72. The highest BCUT2D eigenvalue weighted by Crippen LogP contribution is 2.26. The van der Waals surface area contributed by atoms with Gasteiger partial charge in [-0.1, -0.05) is 36.4 Å². The van der Waals surface area contributed by atoms with Crippen LogP contribution >= 0.6 is 0 Å². The molecule has 0 bridgehead atoms. The zero-order valence-corrected chi connectivity index (χ0v) is 11.1. The molecule has 0 saturated carbocycles. The van der Waals surface area contributed by atoms with Crippen molar-refractivity contribution in [2.75, 3.05) is 22.9 Å². The molecule has 0 atom stereocenters. The first-order chi connectivity index (χ1) is 9.90. The number of benzene rings is 2. The molecule has 1 saturated heterocycles. The minimum Gasteiger partial charge on any atom is -0.332 e. The number of hydrogen-bond donors (Lipinski definition) is 1. The van der Waals surface area contributed by atoms with Crippen molar-refractivity contribution in [1.82, 2.24) is 5.32 Å². The lowest BCUT2D eigenvalue weighted by molar-refractivity contribution is -0.110. The maximum Gasteiger partial charge on any atom is 0.210 e. The lowest BCUT2D eigenvalue weighted by Crippen LogP contribution is -2.49. The van der Waals surface area contributed by atoms with E-state index in [9.17, 15) is 4.79 Å². The van der Waals surface area contributed by atoms with Crippen molar-refractivity contribution in [1.29, 1.82) is 0 Å². The highest BCUT2D eigenvalue weighted by Gasteiger charge is 2.31. The third kappa shape index (κ3) is 2.32. The number of amides is 1. The van der Waals surface area contributed by atoms with Gasteiger partial charge in [-0.15, -0.1) is 0 Å². The Bertz CT molecular complexity index is 511. The molecule has 1 aliphatic rings. The van der Waals surface area contributed by atoms with Crippen LogP contribution in [-0.2, 0) is 4.79 Å². The average Bonchev–Trinajstić information content (AvgIpc) is 2.93. The van der Waals surface area contributed by atoms with Crippen LogP contribution in [0.3, 0.4) is 0 Å². The van der Waals surface area contributed by atoms with Crippen molar-refractivity contribution in [2.24, 2.45) is 0 Å². The maximum atomic E-state index is 11.0. The predicted octanol–water partition coefficient (Wildman–Crippen LogP) is 2.04. The van der Waals surface area contributed by atoms with Gasteiger partial charge in [-0.3, -0.25) is 4.79 Å². The van der Waals surface area contributed by atoms with Crippen molar-refractivity contribution < 1.29 is 4.79 Å². The molecule has 4 heteroatoms. The number of nitrogens with one attached hydrogen (secondary N) is 1. The normalized spacial score (nSPS) is 15.4. The molecule has 1 amide bonds. The fraction of sp³-hybridized carbons (Fsp3) is 0.188. The summed E-state index contributed by atoms with van der Waals surface area (Å²) in [6, 6.07) is 20.3. The highest BCUT2D eigenvalue weighted by atomic mass is 16.1.